The molecule has 12 nitrogen and oxygen atoms in total. The molecule has 2 unspecified atom stereocenters. The molecule has 1 heterocycles. The molecule has 15 atom stereocenters. The van der Waals surface area contributed by atoms with Gasteiger partial charge in [-0.1, -0.05) is 25.1 Å². The average Bonchev–Trinajstić information content (AvgIpc) is 3.41. The van der Waals surface area contributed by atoms with Crippen LogP contribution in [0.2, 0.25) is 0 Å². The van der Waals surface area contributed by atoms with Gasteiger partial charge in [0.25, 0.3) is 0 Å². The van der Waals surface area contributed by atoms with Gasteiger partial charge in [-0.05, 0) is 31.0 Å². The van der Waals surface area contributed by atoms with Crippen LogP contribution in [0.15, 0.2) is 30.3 Å². The summed E-state index contributed by atoms with van der Waals surface area (Å²) >= 11 is 0. The van der Waals surface area contributed by atoms with Gasteiger partial charge in [-0.25, -0.2) is 4.79 Å². The number of aliphatic hydroxyl groups excluding tert-OH is 2. The van der Waals surface area contributed by atoms with Crippen LogP contribution in [0.3, 0.4) is 0 Å². The van der Waals surface area contributed by atoms with E-state index < -0.39 is 88.3 Å². The van der Waals surface area contributed by atoms with Gasteiger partial charge in [-0.3, -0.25) is 9.69 Å². The standard InChI is InChI=1S/C34H47NO11/c1-7-35-15-31(16-41-3)20(37)13-21(42-4)33-19-14-32(40)28(45-30(39)18-11-9-8-10-12-18)22(19)34(46-17(2)36,27(38)29(32)44-6)23(26(33)35)24(43-5)25(31)33/h8-12,19-29,37-38,40H,7,13-16H2,1-6H3/t19-,20-,21+,22-,23?,24?,25-,26-,27+,28-,29+,31+,32-,33+,34-/m1/s1. The SMILES string of the molecule is CCN1C[C@]2(COC)[C@H](O)C[C@H](OC)[C@@]34[C@@H]5C[C@@]6(O)[C@H](OC(=O)c7ccccc7)[C@@H]5[C@@](OC(C)=O)(C(C(OC)[C@H]23)[C@@H]14)[C@@H](O)[C@@H]6OC. The number of rotatable bonds is 9. The molecule has 7 rings (SSSR count). The normalized spacial score (nSPS) is 49.9. The molecule has 1 aliphatic heterocycles. The minimum atomic E-state index is -1.83. The highest BCUT2D eigenvalue weighted by Crippen LogP contribution is 2.80. The molecule has 254 valence electrons. The minimum absolute atomic E-state index is 0.0791. The van der Waals surface area contributed by atoms with Gasteiger partial charge in [0.05, 0.1) is 30.5 Å². The van der Waals surface area contributed by atoms with Crippen molar-refractivity contribution in [3.8, 4) is 0 Å². The second-order valence-corrected chi connectivity index (χ2v) is 14.4. The zero-order valence-electron chi connectivity index (χ0n) is 27.3. The fourth-order valence-corrected chi connectivity index (χ4v) is 12.3. The molecule has 1 spiro atoms. The molecular formula is C34H47NO11. The van der Waals surface area contributed by atoms with Gasteiger partial charge in [-0.15, -0.1) is 0 Å². The molecule has 0 aromatic heterocycles. The van der Waals surface area contributed by atoms with E-state index in [4.69, 9.17) is 28.4 Å². The number of likely N-dealkylation sites (tertiary alicyclic amines) is 1. The van der Waals surface area contributed by atoms with Crippen molar-refractivity contribution in [1.29, 1.82) is 0 Å². The van der Waals surface area contributed by atoms with Crippen LogP contribution in [0, 0.1) is 34.5 Å². The third-order valence-electron chi connectivity index (χ3n) is 13.2. The number of esters is 2. The Bertz CT molecular complexity index is 1360. The Morgan fingerprint density at radius 3 is 2.30 bits per heavy atom. The number of piperidine rings is 1. The van der Waals surface area contributed by atoms with Crippen molar-refractivity contribution in [2.75, 3.05) is 48.1 Å². The van der Waals surface area contributed by atoms with Crippen LogP contribution in [0.25, 0.3) is 0 Å². The molecule has 6 fully saturated rings. The number of hydrogen-bond acceptors (Lipinski definition) is 12. The maximum Gasteiger partial charge on any atom is 0.338 e. The lowest BCUT2D eigenvalue weighted by Gasteiger charge is -2.70. The lowest BCUT2D eigenvalue weighted by molar-refractivity contribution is -0.322. The summed E-state index contributed by atoms with van der Waals surface area (Å²) in [5, 5.41) is 37.3. The molecule has 5 aliphatic carbocycles. The van der Waals surface area contributed by atoms with Crippen molar-refractivity contribution >= 4 is 11.9 Å². The predicted molar refractivity (Wildman–Crippen MR) is 160 cm³/mol. The van der Waals surface area contributed by atoms with E-state index in [0.717, 1.165) is 0 Å². The molecule has 12 heteroatoms. The second-order valence-electron chi connectivity index (χ2n) is 14.4. The van der Waals surface area contributed by atoms with E-state index in [0.29, 0.717) is 25.1 Å². The van der Waals surface area contributed by atoms with Crippen LogP contribution in [0.5, 0.6) is 0 Å². The Kier molecular flexibility index (Phi) is 7.69. The quantitative estimate of drug-likeness (QED) is 0.323. The first-order valence-corrected chi connectivity index (χ1v) is 16.3. The van der Waals surface area contributed by atoms with E-state index in [-0.39, 0.29) is 25.0 Å². The van der Waals surface area contributed by atoms with Crippen LogP contribution >= 0.6 is 0 Å². The zero-order chi connectivity index (χ0) is 33.0. The highest BCUT2D eigenvalue weighted by Gasteiger charge is 2.92. The Morgan fingerprint density at radius 1 is 1.00 bits per heavy atom. The van der Waals surface area contributed by atoms with Crippen molar-refractivity contribution in [3.05, 3.63) is 35.9 Å². The topological polar surface area (TPSA) is 153 Å². The van der Waals surface area contributed by atoms with Crippen molar-refractivity contribution in [2.45, 2.75) is 80.6 Å². The molecule has 5 saturated carbocycles. The van der Waals surface area contributed by atoms with Gasteiger partial charge in [-0.2, -0.15) is 0 Å². The molecule has 0 amide bonds. The zero-order valence-corrected chi connectivity index (χ0v) is 27.3. The van der Waals surface area contributed by atoms with Gasteiger partial charge < -0.3 is 43.7 Å². The summed E-state index contributed by atoms with van der Waals surface area (Å²) in [6.07, 6.45) is -5.49. The van der Waals surface area contributed by atoms with Gasteiger partial charge >= 0.3 is 11.9 Å². The smallest absolute Gasteiger partial charge is 0.338 e. The number of ether oxygens (including phenoxy) is 6. The maximum absolute atomic E-state index is 13.8. The largest absolute Gasteiger partial charge is 0.455 e. The van der Waals surface area contributed by atoms with Crippen molar-refractivity contribution < 1.29 is 53.3 Å². The lowest BCUT2D eigenvalue weighted by Crippen LogP contribution is -2.81. The summed E-state index contributed by atoms with van der Waals surface area (Å²) in [5.41, 5.74) is -4.79. The minimum Gasteiger partial charge on any atom is -0.455 e. The summed E-state index contributed by atoms with van der Waals surface area (Å²) in [4.78, 5) is 29.3. The van der Waals surface area contributed by atoms with Gasteiger partial charge in [0.1, 0.15) is 23.9 Å². The Hall–Kier alpha value is -2.16. The lowest BCUT2D eigenvalue weighted by atomic mass is 9.42. The number of hydrogen-bond donors (Lipinski definition) is 3. The molecule has 0 radical (unpaired) electrons. The molecule has 1 aromatic rings. The van der Waals surface area contributed by atoms with Crippen molar-refractivity contribution in [3.63, 3.8) is 0 Å². The average molecular weight is 646 g/mol. The van der Waals surface area contributed by atoms with E-state index >= 15 is 0 Å². The van der Waals surface area contributed by atoms with Gasteiger partial charge in [0.15, 0.2) is 5.60 Å². The highest BCUT2D eigenvalue weighted by molar-refractivity contribution is 5.89. The predicted octanol–water partition coefficient (Wildman–Crippen LogP) is 0.648. The first-order chi connectivity index (χ1) is 22.0. The molecule has 6 aliphatic rings. The molecule has 7 bridgehead atoms. The van der Waals surface area contributed by atoms with E-state index in [9.17, 15) is 24.9 Å². The Balaban J connectivity index is 1.53. The van der Waals surface area contributed by atoms with Crippen molar-refractivity contribution in [2.24, 2.45) is 34.5 Å². The fourth-order valence-electron chi connectivity index (χ4n) is 12.3. The van der Waals surface area contributed by atoms with E-state index in [2.05, 4.69) is 4.90 Å². The number of carbonyl (C=O) groups is 2. The molecule has 1 saturated heterocycles. The van der Waals surface area contributed by atoms with Crippen molar-refractivity contribution in [1.82, 2.24) is 4.90 Å². The summed E-state index contributed by atoms with van der Waals surface area (Å²) in [6.45, 7) is 4.68. The summed E-state index contributed by atoms with van der Waals surface area (Å²) in [7, 11) is 6.27. The van der Waals surface area contributed by atoms with Crippen LogP contribution < -0.4 is 0 Å². The van der Waals surface area contributed by atoms with Crippen LogP contribution in [-0.2, 0) is 33.2 Å². The molecular weight excluding hydrogens is 598 g/mol. The summed E-state index contributed by atoms with van der Waals surface area (Å²) < 4.78 is 37.4. The van der Waals surface area contributed by atoms with Crippen LogP contribution in [0.4, 0.5) is 0 Å². The maximum atomic E-state index is 13.8. The number of benzene rings is 1. The van der Waals surface area contributed by atoms with Crippen LogP contribution in [0.1, 0.15) is 37.0 Å². The fraction of sp³-hybridized carbons (Fsp3) is 0.765. The Morgan fingerprint density at radius 2 is 1.72 bits per heavy atom. The van der Waals surface area contributed by atoms with Gasteiger partial charge in [0, 0.05) is 83.0 Å². The highest BCUT2D eigenvalue weighted by atomic mass is 16.6. The van der Waals surface area contributed by atoms with Crippen LogP contribution in [-0.4, -0.2) is 134 Å². The molecule has 46 heavy (non-hydrogen) atoms. The molecule has 1 aromatic carbocycles. The second kappa shape index (κ2) is 10.9. The van der Waals surface area contributed by atoms with E-state index in [1.807, 2.05) is 6.92 Å². The number of methoxy groups -OCH3 is 4. The number of carbonyl (C=O) groups excluding carboxylic acids is 2. The summed E-state index contributed by atoms with van der Waals surface area (Å²) in [5.74, 6) is -3.65. The van der Waals surface area contributed by atoms with Gasteiger partial charge in [0.2, 0.25) is 0 Å². The first kappa shape index (κ1) is 32.4. The third-order valence-corrected chi connectivity index (χ3v) is 13.2. The Labute approximate surface area is 269 Å². The number of nitrogens with zero attached hydrogens (tertiary/aromatic N) is 1. The van der Waals surface area contributed by atoms with E-state index in [1.54, 1.807) is 51.7 Å². The third kappa shape index (κ3) is 3.62. The first-order valence-electron chi connectivity index (χ1n) is 16.3. The molecule has 3 N–H and O–H groups in total. The number of fused-ring (bicyclic) bond motifs is 2. The monoisotopic (exact) mass is 645 g/mol. The number of aliphatic hydroxyl groups is 3. The van der Waals surface area contributed by atoms with E-state index in [1.165, 1.54) is 14.0 Å². The summed E-state index contributed by atoms with van der Waals surface area (Å²) in [6, 6.07) is 8.18.